The van der Waals surface area contributed by atoms with E-state index in [1.807, 2.05) is 0 Å². The third-order valence-electron chi connectivity index (χ3n) is 5.09. The van der Waals surface area contributed by atoms with Crippen LogP contribution in [0.1, 0.15) is 35.2 Å². The smallest absolute Gasteiger partial charge is 0.254 e. The maximum Gasteiger partial charge on any atom is 0.254 e. The van der Waals surface area contributed by atoms with Gasteiger partial charge in [-0.25, -0.2) is 8.42 Å². The van der Waals surface area contributed by atoms with Crippen LogP contribution in [0.25, 0.3) is 0 Å². The standard InChI is InChI=1S/C21H22Cl2N2O4S/c1-13-6-7-14(11-19(13)30(2,28)29)21(27)25-10-4-3-5-18(25)20(26)24-17-9-8-15(22)12-16(17)23/h6-9,11-12,18H,3-5,10H2,1-2H3,(H,24,26). The van der Waals surface area contributed by atoms with Gasteiger partial charge in [0.2, 0.25) is 5.91 Å². The van der Waals surface area contributed by atoms with Crippen LogP contribution in [0, 0.1) is 6.92 Å². The quantitative estimate of drug-likeness (QED) is 0.722. The Morgan fingerprint density at radius 2 is 1.83 bits per heavy atom. The summed E-state index contributed by atoms with van der Waals surface area (Å²) < 4.78 is 24.1. The lowest BCUT2D eigenvalue weighted by atomic mass is 9.99. The van der Waals surface area contributed by atoms with Gasteiger partial charge in [-0.1, -0.05) is 29.3 Å². The third kappa shape index (κ3) is 4.96. The Bertz CT molecular complexity index is 1100. The van der Waals surface area contributed by atoms with E-state index in [4.69, 9.17) is 23.2 Å². The molecule has 3 rings (SSSR count). The molecule has 2 aromatic rings. The van der Waals surface area contributed by atoms with Crippen molar-refractivity contribution in [1.82, 2.24) is 4.90 Å². The molecule has 6 nitrogen and oxygen atoms in total. The van der Waals surface area contributed by atoms with E-state index in [1.165, 1.54) is 17.0 Å². The molecule has 30 heavy (non-hydrogen) atoms. The highest BCUT2D eigenvalue weighted by Gasteiger charge is 2.33. The molecule has 2 amide bonds. The van der Waals surface area contributed by atoms with Gasteiger partial charge in [0, 0.05) is 23.4 Å². The molecule has 9 heteroatoms. The highest BCUT2D eigenvalue weighted by atomic mass is 35.5. The van der Waals surface area contributed by atoms with E-state index in [-0.39, 0.29) is 22.3 Å². The zero-order chi connectivity index (χ0) is 22.1. The Morgan fingerprint density at radius 3 is 2.50 bits per heavy atom. The van der Waals surface area contributed by atoms with Crippen LogP contribution >= 0.6 is 23.2 Å². The van der Waals surface area contributed by atoms with Gasteiger partial charge < -0.3 is 10.2 Å². The van der Waals surface area contributed by atoms with Gasteiger partial charge in [-0.15, -0.1) is 0 Å². The van der Waals surface area contributed by atoms with Gasteiger partial charge in [-0.3, -0.25) is 9.59 Å². The highest BCUT2D eigenvalue weighted by Crippen LogP contribution is 2.28. The van der Waals surface area contributed by atoms with Gasteiger partial charge in [0.05, 0.1) is 15.6 Å². The number of halogens is 2. The molecule has 1 aliphatic rings. The maximum atomic E-state index is 13.2. The van der Waals surface area contributed by atoms with Crippen molar-refractivity contribution >= 4 is 50.5 Å². The van der Waals surface area contributed by atoms with E-state index in [0.29, 0.717) is 34.3 Å². The van der Waals surface area contributed by atoms with E-state index in [0.717, 1.165) is 19.1 Å². The van der Waals surface area contributed by atoms with Gasteiger partial charge in [0.25, 0.3) is 5.91 Å². The van der Waals surface area contributed by atoms with Crippen molar-refractivity contribution in [3.05, 3.63) is 57.6 Å². The number of aryl methyl sites for hydroxylation is 1. The molecule has 1 heterocycles. The van der Waals surface area contributed by atoms with Gasteiger partial charge in [0.1, 0.15) is 6.04 Å². The minimum atomic E-state index is -3.47. The second kappa shape index (κ2) is 8.96. The molecule has 160 valence electrons. The number of sulfone groups is 1. The number of anilines is 1. The average Bonchev–Trinajstić information content (AvgIpc) is 2.69. The lowest BCUT2D eigenvalue weighted by Crippen LogP contribution is -2.50. The number of amides is 2. The second-order valence-electron chi connectivity index (χ2n) is 7.38. The average molecular weight is 469 g/mol. The normalized spacial score (nSPS) is 16.9. The second-order valence-corrected chi connectivity index (χ2v) is 10.2. The lowest BCUT2D eigenvalue weighted by molar-refractivity contribution is -0.121. The summed E-state index contributed by atoms with van der Waals surface area (Å²) in [4.78, 5) is 27.7. The highest BCUT2D eigenvalue weighted by molar-refractivity contribution is 7.90. The molecule has 0 radical (unpaired) electrons. The van der Waals surface area contributed by atoms with Crippen molar-refractivity contribution in [2.75, 3.05) is 18.1 Å². The van der Waals surface area contributed by atoms with Crippen LogP contribution in [0.4, 0.5) is 5.69 Å². The number of benzene rings is 2. The monoisotopic (exact) mass is 468 g/mol. The molecule has 2 aromatic carbocycles. The lowest BCUT2D eigenvalue weighted by Gasteiger charge is -2.35. The SMILES string of the molecule is Cc1ccc(C(=O)N2CCCCC2C(=O)Nc2ccc(Cl)cc2Cl)cc1S(C)(=O)=O. The van der Waals surface area contributed by atoms with E-state index in [2.05, 4.69) is 5.32 Å². The minimum Gasteiger partial charge on any atom is -0.327 e. The fraction of sp³-hybridized carbons (Fsp3) is 0.333. The van der Waals surface area contributed by atoms with E-state index < -0.39 is 15.9 Å². The van der Waals surface area contributed by atoms with Crippen LogP contribution in [0.2, 0.25) is 10.0 Å². The molecule has 1 N–H and O–H groups in total. The first-order chi connectivity index (χ1) is 14.1. The summed E-state index contributed by atoms with van der Waals surface area (Å²) in [7, 11) is -3.47. The molecule has 1 atom stereocenters. The topological polar surface area (TPSA) is 83.6 Å². The summed E-state index contributed by atoms with van der Waals surface area (Å²) in [6.07, 6.45) is 3.19. The van der Waals surface area contributed by atoms with Gasteiger partial charge in [-0.05, 0) is 62.1 Å². The fourth-order valence-corrected chi connectivity index (χ4v) is 5.00. The molecule has 0 saturated carbocycles. The number of nitrogens with one attached hydrogen (secondary N) is 1. The number of carbonyl (C=O) groups excluding carboxylic acids is 2. The number of hydrogen-bond donors (Lipinski definition) is 1. The molecule has 1 fully saturated rings. The third-order valence-corrected chi connectivity index (χ3v) is 6.88. The molecule has 0 spiro atoms. The predicted molar refractivity (Wildman–Crippen MR) is 118 cm³/mol. The summed E-state index contributed by atoms with van der Waals surface area (Å²) in [6.45, 7) is 2.09. The molecular formula is C21H22Cl2N2O4S. The molecule has 0 aliphatic carbocycles. The molecule has 1 unspecified atom stereocenters. The largest absolute Gasteiger partial charge is 0.327 e. The molecule has 1 saturated heterocycles. The number of hydrogen-bond acceptors (Lipinski definition) is 4. The van der Waals surface area contributed by atoms with Gasteiger partial charge in [-0.2, -0.15) is 0 Å². The summed E-state index contributed by atoms with van der Waals surface area (Å²) in [6, 6.07) is 8.65. The minimum absolute atomic E-state index is 0.110. The Hall–Kier alpha value is -2.09. The molecule has 1 aliphatic heterocycles. The molecule has 0 aromatic heterocycles. The molecular weight excluding hydrogens is 447 g/mol. The summed E-state index contributed by atoms with van der Waals surface area (Å²) in [5.41, 5.74) is 1.23. The van der Waals surface area contributed by atoms with Crippen molar-refractivity contribution in [2.45, 2.75) is 37.1 Å². The van der Waals surface area contributed by atoms with Crippen LogP contribution < -0.4 is 5.32 Å². The van der Waals surface area contributed by atoms with E-state index >= 15 is 0 Å². The number of nitrogens with zero attached hydrogens (tertiary/aromatic N) is 1. The van der Waals surface area contributed by atoms with Crippen molar-refractivity contribution in [2.24, 2.45) is 0 Å². The number of carbonyl (C=O) groups is 2. The van der Waals surface area contributed by atoms with Crippen molar-refractivity contribution < 1.29 is 18.0 Å². The van der Waals surface area contributed by atoms with Crippen molar-refractivity contribution in [3.8, 4) is 0 Å². The maximum absolute atomic E-state index is 13.2. The number of likely N-dealkylation sites (tertiary alicyclic amines) is 1. The van der Waals surface area contributed by atoms with E-state index in [1.54, 1.807) is 31.2 Å². The van der Waals surface area contributed by atoms with Crippen molar-refractivity contribution in [1.29, 1.82) is 0 Å². The first-order valence-corrected chi connectivity index (χ1v) is 12.1. The molecule has 0 bridgehead atoms. The van der Waals surface area contributed by atoms with Crippen LogP contribution in [0.15, 0.2) is 41.3 Å². The first-order valence-electron chi connectivity index (χ1n) is 9.45. The Labute approximate surface area is 186 Å². The van der Waals surface area contributed by atoms with Crippen LogP contribution in [0.5, 0.6) is 0 Å². The summed E-state index contributed by atoms with van der Waals surface area (Å²) >= 11 is 12.0. The van der Waals surface area contributed by atoms with Crippen LogP contribution in [-0.4, -0.2) is 44.0 Å². The zero-order valence-electron chi connectivity index (χ0n) is 16.6. The summed E-state index contributed by atoms with van der Waals surface area (Å²) in [5.74, 6) is -0.718. The first kappa shape index (κ1) is 22.6. The fourth-order valence-electron chi connectivity index (χ4n) is 3.55. The van der Waals surface area contributed by atoms with Gasteiger partial charge in [0.15, 0.2) is 9.84 Å². The van der Waals surface area contributed by atoms with E-state index in [9.17, 15) is 18.0 Å². The zero-order valence-corrected chi connectivity index (χ0v) is 18.9. The Balaban J connectivity index is 1.86. The number of piperidine rings is 1. The Morgan fingerprint density at radius 1 is 1.10 bits per heavy atom. The van der Waals surface area contributed by atoms with Crippen molar-refractivity contribution in [3.63, 3.8) is 0 Å². The summed E-state index contributed by atoms with van der Waals surface area (Å²) in [5, 5.41) is 3.53. The Kier molecular flexibility index (Phi) is 6.75. The van der Waals surface area contributed by atoms with Crippen LogP contribution in [0.3, 0.4) is 0 Å². The predicted octanol–water partition coefficient (Wildman–Crippen LogP) is 4.34. The van der Waals surface area contributed by atoms with Gasteiger partial charge >= 0.3 is 0 Å². The number of rotatable bonds is 4. The van der Waals surface area contributed by atoms with Crippen LogP contribution in [-0.2, 0) is 14.6 Å².